The molecule has 0 spiro atoms. The molecule has 0 atom stereocenters. The summed E-state index contributed by atoms with van der Waals surface area (Å²) in [5.74, 6) is 8.63. The van der Waals surface area contributed by atoms with Crippen molar-refractivity contribution in [2.75, 3.05) is 0 Å². The molecular formula is C61H53GeIrN3-2. The van der Waals surface area contributed by atoms with Crippen LogP contribution >= 0.6 is 0 Å². The Hall–Kier alpha value is -6.17. The minimum atomic E-state index is -1.72. The molecule has 5 heteroatoms. The average molecular weight is 1090 g/mol. The van der Waals surface area contributed by atoms with Crippen LogP contribution in [0.4, 0.5) is 0 Å². The van der Waals surface area contributed by atoms with Crippen molar-refractivity contribution in [2.45, 2.75) is 56.8 Å². The molecule has 11 rings (SSSR count). The molecular weight excluding hydrogens is 1040 g/mol. The van der Waals surface area contributed by atoms with E-state index < -0.39 is 13.3 Å². The zero-order chi connectivity index (χ0) is 44.8. The number of pyridine rings is 1. The summed E-state index contributed by atoms with van der Waals surface area (Å²) in [6.07, 6.45) is 2.04. The van der Waals surface area contributed by atoms with Crippen LogP contribution in [0.15, 0.2) is 182 Å². The van der Waals surface area contributed by atoms with Gasteiger partial charge in [-0.3, -0.25) is 4.98 Å². The van der Waals surface area contributed by atoms with Gasteiger partial charge in [0.1, 0.15) is 0 Å². The molecule has 2 aromatic heterocycles. The summed E-state index contributed by atoms with van der Waals surface area (Å²) in [4.78, 5) is 10.0. The Morgan fingerprint density at radius 1 is 0.515 bits per heavy atom. The summed E-state index contributed by atoms with van der Waals surface area (Å²) in [5.41, 5.74) is 11.5. The molecule has 66 heavy (non-hydrogen) atoms. The minimum Gasteiger partial charge on any atom is 0 e. The number of fused-ring (bicyclic) bond motifs is 9. The maximum atomic E-state index is 5.47. The molecule has 327 valence electrons. The quantitative estimate of drug-likeness (QED) is 0.0905. The van der Waals surface area contributed by atoms with Gasteiger partial charge in [-0.2, -0.15) is 0 Å². The Balaban J connectivity index is 0.000000273. The molecule has 0 saturated heterocycles. The fraction of sp³-hybridized carbons (Fsp3) is 0.148. The molecule has 11 aromatic rings. The van der Waals surface area contributed by atoms with E-state index in [-0.39, 0.29) is 31.9 Å². The summed E-state index contributed by atoms with van der Waals surface area (Å²) in [6, 6.07) is 70.0. The third-order valence-corrected chi connectivity index (χ3v) is 17.1. The van der Waals surface area contributed by atoms with Gasteiger partial charge in [0, 0.05) is 31.2 Å². The van der Waals surface area contributed by atoms with E-state index in [0.29, 0.717) is 0 Å². The number of benzene rings is 9. The first-order valence-corrected chi connectivity index (χ1v) is 30.2. The van der Waals surface area contributed by atoms with Gasteiger partial charge < -0.3 is 4.57 Å². The van der Waals surface area contributed by atoms with Gasteiger partial charge in [-0.1, -0.05) is 153 Å². The SMILES string of the molecule is CC(C)c1cc(-c2ccccc2)cc(C(C)C)c1-n1c(-c2[c-]cc3c4ccccc4c4ccccc4c3c2)nc2ccc3ccccc3c21.[CH3][Ge]([CH3])([CH3])[c]1ccc(-c2[c-]cccc2)nc1.[Ir]. The molecule has 0 bridgehead atoms. The predicted octanol–water partition coefficient (Wildman–Crippen LogP) is 16.1. The Morgan fingerprint density at radius 2 is 1.11 bits per heavy atom. The molecule has 0 amide bonds. The van der Waals surface area contributed by atoms with Crippen LogP contribution in [0.25, 0.3) is 93.6 Å². The van der Waals surface area contributed by atoms with Crippen LogP contribution in [0, 0.1) is 12.1 Å². The first-order valence-electron chi connectivity index (χ1n) is 22.9. The van der Waals surface area contributed by atoms with E-state index in [1.807, 2.05) is 30.5 Å². The molecule has 0 N–H and O–H groups in total. The van der Waals surface area contributed by atoms with Gasteiger partial charge in [-0.05, 0) is 73.8 Å². The van der Waals surface area contributed by atoms with Crippen LogP contribution in [-0.4, -0.2) is 27.8 Å². The molecule has 0 aliphatic heterocycles. The second-order valence-electron chi connectivity index (χ2n) is 18.8. The zero-order valence-corrected chi connectivity index (χ0v) is 43.1. The molecule has 9 aromatic carbocycles. The van der Waals surface area contributed by atoms with Gasteiger partial charge in [0.2, 0.25) is 0 Å². The van der Waals surface area contributed by atoms with E-state index >= 15 is 0 Å². The van der Waals surface area contributed by atoms with Crippen LogP contribution in [-0.2, 0) is 20.1 Å². The van der Waals surface area contributed by atoms with Crippen molar-refractivity contribution in [1.29, 1.82) is 0 Å². The molecule has 1 radical (unpaired) electrons. The first-order chi connectivity index (χ1) is 31.5. The fourth-order valence-electron chi connectivity index (χ4n) is 9.37. The van der Waals surface area contributed by atoms with E-state index in [1.54, 1.807) is 0 Å². The van der Waals surface area contributed by atoms with E-state index in [4.69, 9.17) is 4.98 Å². The van der Waals surface area contributed by atoms with Crippen LogP contribution in [0.1, 0.15) is 50.7 Å². The Kier molecular flexibility index (Phi) is 12.7. The zero-order valence-electron chi connectivity index (χ0n) is 38.7. The third kappa shape index (κ3) is 8.43. The Morgan fingerprint density at radius 3 is 1.70 bits per heavy atom. The van der Waals surface area contributed by atoms with Gasteiger partial charge in [-0.15, -0.1) is 23.8 Å². The molecule has 2 heterocycles. The number of nitrogens with zero attached hydrogens (tertiary/aromatic N) is 3. The molecule has 0 unspecified atom stereocenters. The molecule has 0 saturated carbocycles. The van der Waals surface area contributed by atoms with Crippen LogP contribution in [0.5, 0.6) is 0 Å². The van der Waals surface area contributed by atoms with Gasteiger partial charge in [0.25, 0.3) is 0 Å². The number of rotatable bonds is 7. The maximum absolute atomic E-state index is 5.47. The molecule has 0 fully saturated rings. The van der Waals surface area contributed by atoms with Crippen LogP contribution in [0.2, 0.25) is 17.3 Å². The summed E-state index contributed by atoms with van der Waals surface area (Å²) in [7, 11) is 0. The van der Waals surface area contributed by atoms with Crippen molar-refractivity contribution in [3.05, 3.63) is 205 Å². The second-order valence-corrected chi connectivity index (χ2v) is 29.5. The van der Waals surface area contributed by atoms with Gasteiger partial charge in [0.15, 0.2) is 0 Å². The van der Waals surface area contributed by atoms with Crippen molar-refractivity contribution in [3.63, 3.8) is 0 Å². The summed E-state index contributed by atoms with van der Waals surface area (Å²) in [5, 5.41) is 9.88. The largest absolute Gasteiger partial charge is 0 e. The average Bonchev–Trinajstić information content (AvgIpc) is 3.74. The van der Waals surface area contributed by atoms with Crippen molar-refractivity contribution < 1.29 is 20.1 Å². The smallest absolute Gasteiger partial charge is 0 e. The van der Waals surface area contributed by atoms with Crippen molar-refractivity contribution >= 4 is 71.8 Å². The van der Waals surface area contributed by atoms with E-state index in [0.717, 1.165) is 33.7 Å². The predicted molar refractivity (Wildman–Crippen MR) is 280 cm³/mol. The molecule has 0 aliphatic rings. The monoisotopic (exact) mass is 1090 g/mol. The van der Waals surface area contributed by atoms with E-state index in [9.17, 15) is 0 Å². The molecule has 0 aliphatic carbocycles. The van der Waals surface area contributed by atoms with Crippen molar-refractivity contribution in [1.82, 2.24) is 14.5 Å². The second kappa shape index (κ2) is 18.6. The number of imidazole rings is 1. The van der Waals surface area contributed by atoms with Crippen LogP contribution < -0.4 is 4.40 Å². The van der Waals surface area contributed by atoms with Gasteiger partial charge in [0.05, 0.1) is 16.9 Å². The minimum absolute atomic E-state index is 0. The number of aromatic nitrogens is 3. The summed E-state index contributed by atoms with van der Waals surface area (Å²) in [6.45, 7) is 9.25. The number of hydrogen-bond acceptors (Lipinski definition) is 2. The first kappa shape index (κ1) is 45.0. The van der Waals surface area contributed by atoms with Crippen molar-refractivity contribution in [2.24, 2.45) is 0 Å². The summed E-state index contributed by atoms with van der Waals surface area (Å²) >= 11 is -1.72. The third-order valence-electron chi connectivity index (χ3n) is 12.8. The normalized spacial score (nSPS) is 11.7. The van der Waals surface area contributed by atoms with Gasteiger partial charge in [-0.25, -0.2) is 0 Å². The Labute approximate surface area is 405 Å². The molecule has 3 nitrogen and oxygen atoms in total. The van der Waals surface area contributed by atoms with E-state index in [2.05, 4.69) is 218 Å². The van der Waals surface area contributed by atoms with Gasteiger partial charge >= 0.3 is 99.8 Å². The fourth-order valence-corrected chi connectivity index (χ4v) is 11.5. The van der Waals surface area contributed by atoms with E-state index in [1.165, 1.54) is 75.4 Å². The van der Waals surface area contributed by atoms with Crippen molar-refractivity contribution in [3.8, 4) is 39.5 Å². The topological polar surface area (TPSA) is 30.7 Å². The van der Waals surface area contributed by atoms with Crippen LogP contribution in [0.3, 0.4) is 0 Å². The Bertz CT molecular complexity index is 3450. The standard InChI is InChI=1S/C47H37N2.C14H16GeN.Ir/c1-29(2)41-27-34(31-14-6-5-7-15-31)28-42(30(3)4)45(41)49-46-35-17-9-8-16-32(35)23-25-44(46)48-47(49)33-22-24-40-38-20-11-10-18-36(38)37-19-12-13-21-39(37)43(40)26-33;1-15(2,3)13-9-10-14(16-11-13)12-7-5-4-6-8-12;/h5-21,23-30H,1-4H3;4-7,9-11H,1-3H3;/q2*-1;. The summed E-state index contributed by atoms with van der Waals surface area (Å²) < 4.78 is 3.91. The number of hydrogen-bond donors (Lipinski definition) is 0. The maximum Gasteiger partial charge on any atom is 0 e.